The van der Waals surface area contributed by atoms with Crippen molar-refractivity contribution in [1.82, 2.24) is 14.5 Å². The molecule has 0 saturated heterocycles. The maximum absolute atomic E-state index is 12.2. The Morgan fingerprint density at radius 2 is 2.10 bits per heavy atom. The van der Waals surface area contributed by atoms with Gasteiger partial charge in [-0.2, -0.15) is 5.10 Å². The normalized spacial score (nSPS) is 15.3. The summed E-state index contributed by atoms with van der Waals surface area (Å²) in [6.07, 6.45) is 2.24. The summed E-state index contributed by atoms with van der Waals surface area (Å²) < 4.78 is 33.0. The molecule has 1 amide bonds. The van der Waals surface area contributed by atoms with E-state index in [4.69, 9.17) is 4.74 Å². The summed E-state index contributed by atoms with van der Waals surface area (Å²) in [5, 5.41) is 4.03. The molecule has 0 aromatic carbocycles. The Kier molecular flexibility index (Phi) is 4.14. The summed E-state index contributed by atoms with van der Waals surface area (Å²) in [5.74, 6) is -0.129. The fourth-order valence-corrected chi connectivity index (χ4v) is 3.39. The molecule has 1 aliphatic rings. The van der Waals surface area contributed by atoms with Crippen molar-refractivity contribution in [3.8, 4) is 0 Å². The van der Waals surface area contributed by atoms with Crippen molar-refractivity contribution in [2.75, 3.05) is 13.2 Å². The lowest BCUT2D eigenvalue weighted by Crippen LogP contribution is -2.34. The lowest BCUT2D eigenvalue weighted by Gasteiger charge is -2.07. The van der Waals surface area contributed by atoms with Gasteiger partial charge in [0, 0.05) is 7.05 Å². The van der Waals surface area contributed by atoms with Crippen LogP contribution in [0.2, 0.25) is 0 Å². The Hall–Kier alpha value is -1.41. The molecular weight excluding hydrogens is 282 g/mol. The number of carbonyl (C=O) groups is 1. The summed E-state index contributed by atoms with van der Waals surface area (Å²) in [7, 11) is -2.24. The lowest BCUT2D eigenvalue weighted by atomic mass is 10.4. The molecule has 2 rings (SSSR count). The van der Waals surface area contributed by atoms with Gasteiger partial charge in [-0.15, -0.1) is 0 Å². The maximum atomic E-state index is 12.2. The Bertz CT molecular complexity index is 617. The molecular formula is C12H19N3O4S. The number of carbonyl (C=O) groups excluding carboxylic acids is 1. The smallest absolute Gasteiger partial charge is 0.267 e. The molecule has 0 radical (unpaired) electrons. The van der Waals surface area contributed by atoms with Crippen LogP contribution in [0, 0.1) is 19.8 Å². The van der Waals surface area contributed by atoms with Crippen LogP contribution in [0.4, 0.5) is 0 Å². The highest BCUT2D eigenvalue weighted by Crippen LogP contribution is 2.28. The van der Waals surface area contributed by atoms with Crippen LogP contribution in [0.3, 0.4) is 0 Å². The molecule has 0 aliphatic heterocycles. The second-order valence-corrected chi connectivity index (χ2v) is 6.73. The SMILES string of the molecule is Cc1nn(C)c(C)c1S(=O)(=O)NC(=O)COCC1CC1. The van der Waals surface area contributed by atoms with Crippen LogP contribution in [0.15, 0.2) is 4.90 Å². The molecule has 0 bridgehead atoms. The molecule has 1 aromatic rings. The summed E-state index contributed by atoms with van der Waals surface area (Å²) in [6, 6.07) is 0. The molecule has 1 heterocycles. The predicted molar refractivity (Wildman–Crippen MR) is 71.6 cm³/mol. The second kappa shape index (κ2) is 5.53. The highest BCUT2D eigenvalue weighted by Gasteiger charge is 2.26. The molecule has 0 spiro atoms. The number of sulfonamides is 1. The number of aromatic nitrogens is 2. The van der Waals surface area contributed by atoms with Gasteiger partial charge in [-0.1, -0.05) is 0 Å². The van der Waals surface area contributed by atoms with Crippen molar-refractivity contribution in [3.05, 3.63) is 11.4 Å². The summed E-state index contributed by atoms with van der Waals surface area (Å²) in [5.41, 5.74) is 0.853. The number of nitrogens with one attached hydrogen (secondary N) is 1. The zero-order chi connectivity index (χ0) is 14.9. The van der Waals surface area contributed by atoms with E-state index < -0.39 is 15.9 Å². The van der Waals surface area contributed by atoms with Crippen LogP contribution < -0.4 is 4.72 Å². The van der Waals surface area contributed by atoms with Crippen LogP contribution in [-0.4, -0.2) is 37.3 Å². The summed E-state index contributed by atoms with van der Waals surface area (Å²) in [6.45, 7) is 3.50. The maximum Gasteiger partial charge on any atom is 0.267 e. The topological polar surface area (TPSA) is 90.3 Å². The molecule has 1 aromatic heterocycles. The molecule has 1 fully saturated rings. The lowest BCUT2D eigenvalue weighted by molar-refractivity contribution is -0.124. The minimum absolute atomic E-state index is 0.0514. The van der Waals surface area contributed by atoms with E-state index in [1.54, 1.807) is 20.9 Å². The average Bonchev–Trinajstić information content (AvgIpc) is 3.07. The van der Waals surface area contributed by atoms with Gasteiger partial charge in [-0.25, -0.2) is 13.1 Å². The van der Waals surface area contributed by atoms with Crippen molar-refractivity contribution >= 4 is 15.9 Å². The zero-order valence-electron chi connectivity index (χ0n) is 11.8. The first-order valence-electron chi connectivity index (χ1n) is 6.45. The van der Waals surface area contributed by atoms with Crippen LogP contribution in [0.25, 0.3) is 0 Å². The number of ether oxygens (including phenoxy) is 1. The Morgan fingerprint density at radius 1 is 1.45 bits per heavy atom. The van der Waals surface area contributed by atoms with Crippen LogP contribution in [0.1, 0.15) is 24.2 Å². The fourth-order valence-electron chi connectivity index (χ4n) is 1.98. The minimum atomic E-state index is -3.90. The van der Waals surface area contributed by atoms with Crippen molar-refractivity contribution in [2.45, 2.75) is 31.6 Å². The molecule has 0 atom stereocenters. The van der Waals surface area contributed by atoms with Gasteiger partial charge in [-0.05, 0) is 32.6 Å². The van der Waals surface area contributed by atoms with Gasteiger partial charge in [0.15, 0.2) is 0 Å². The van der Waals surface area contributed by atoms with Gasteiger partial charge < -0.3 is 4.74 Å². The Morgan fingerprint density at radius 3 is 2.60 bits per heavy atom. The second-order valence-electron chi connectivity index (χ2n) is 5.11. The van der Waals surface area contributed by atoms with Crippen LogP contribution >= 0.6 is 0 Å². The van der Waals surface area contributed by atoms with Crippen LogP contribution in [-0.2, 0) is 26.6 Å². The quantitative estimate of drug-likeness (QED) is 0.814. The molecule has 7 nitrogen and oxygen atoms in total. The van der Waals surface area contributed by atoms with E-state index in [0.29, 0.717) is 23.9 Å². The van der Waals surface area contributed by atoms with E-state index in [1.807, 2.05) is 4.72 Å². The van der Waals surface area contributed by atoms with E-state index in [9.17, 15) is 13.2 Å². The molecule has 1 saturated carbocycles. The third-order valence-electron chi connectivity index (χ3n) is 3.24. The van der Waals surface area contributed by atoms with Crippen molar-refractivity contribution in [1.29, 1.82) is 0 Å². The van der Waals surface area contributed by atoms with Crippen molar-refractivity contribution in [3.63, 3.8) is 0 Å². The minimum Gasteiger partial charge on any atom is -0.371 e. The standard InChI is InChI=1S/C12H19N3O4S/c1-8-12(9(2)15(3)13-8)20(17,18)14-11(16)7-19-6-10-4-5-10/h10H,4-7H2,1-3H3,(H,14,16). The fraction of sp³-hybridized carbons (Fsp3) is 0.667. The predicted octanol–water partition coefficient (Wildman–Crippen LogP) is 0.268. The summed E-state index contributed by atoms with van der Waals surface area (Å²) in [4.78, 5) is 11.7. The highest BCUT2D eigenvalue weighted by molar-refractivity contribution is 7.90. The van der Waals surface area contributed by atoms with Gasteiger partial charge in [0.05, 0.1) is 18.0 Å². The Balaban J connectivity index is 2.00. The largest absolute Gasteiger partial charge is 0.371 e. The molecule has 8 heteroatoms. The van der Waals surface area contributed by atoms with E-state index in [0.717, 1.165) is 12.8 Å². The van der Waals surface area contributed by atoms with E-state index in [2.05, 4.69) is 5.10 Å². The first-order chi connectivity index (χ1) is 9.31. The molecule has 112 valence electrons. The molecule has 0 unspecified atom stereocenters. The van der Waals surface area contributed by atoms with Gasteiger partial charge in [0.1, 0.15) is 11.5 Å². The third kappa shape index (κ3) is 3.37. The first kappa shape index (κ1) is 15.0. The van der Waals surface area contributed by atoms with E-state index in [1.165, 1.54) is 4.68 Å². The van der Waals surface area contributed by atoms with Crippen molar-refractivity contribution < 1.29 is 17.9 Å². The average molecular weight is 301 g/mol. The highest BCUT2D eigenvalue weighted by atomic mass is 32.2. The van der Waals surface area contributed by atoms with Crippen molar-refractivity contribution in [2.24, 2.45) is 13.0 Å². The zero-order valence-corrected chi connectivity index (χ0v) is 12.7. The van der Waals surface area contributed by atoms with Gasteiger partial charge in [0.2, 0.25) is 0 Å². The number of rotatable bonds is 6. The summed E-state index contributed by atoms with van der Waals surface area (Å²) >= 11 is 0. The molecule has 1 aliphatic carbocycles. The first-order valence-corrected chi connectivity index (χ1v) is 7.93. The van der Waals surface area contributed by atoms with E-state index >= 15 is 0 Å². The number of nitrogens with zero attached hydrogens (tertiary/aromatic N) is 2. The van der Waals surface area contributed by atoms with Gasteiger partial charge in [0.25, 0.3) is 15.9 Å². The van der Waals surface area contributed by atoms with Gasteiger partial charge in [-0.3, -0.25) is 9.48 Å². The number of hydrogen-bond acceptors (Lipinski definition) is 5. The molecule has 20 heavy (non-hydrogen) atoms. The number of amides is 1. The third-order valence-corrected chi connectivity index (χ3v) is 4.87. The Labute approximate surface area is 118 Å². The van der Waals surface area contributed by atoms with Gasteiger partial charge >= 0.3 is 0 Å². The number of hydrogen-bond donors (Lipinski definition) is 1. The number of aryl methyl sites for hydroxylation is 2. The van der Waals surface area contributed by atoms with Crippen LogP contribution in [0.5, 0.6) is 0 Å². The monoisotopic (exact) mass is 301 g/mol. The van der Waals surface area contributed by atoms with E-state index in [-0.39, 0.29) is 11.5 Å². The molecule has 1 N–H and O–H groups in total.